The molecule has 0 amide bonds. The van der Waals surface area contributed by atoms with Crippen molar-refractivity contribution in [2.24, 2.45) is 10.9 Å². The molecule has 1 aliphatic heterocycles. The van der Waals surface area contributed by atoms with Crippen LogP contribution in [0.25, 0.3) is 0 Å². The van der Waals surface area contributed by atoms with E-state index >= 15 is 0 Å². The van der Waals surface area contributed by atoms with E-state index in [0.29, 0.717) is 10.6 Å². The first-order valence-electron chi connectivity index (χ1n) is 4.86. The molecule has 1 heterocycles. The van der Waals surface area contributed by atoms with Gasteiger partial charge in [-0.05, 0) is 17.7 Å². The van der Waals surface area contributed by atoms with Gasteiger partial charge in [-0.2, -0.15) is 0 Å². The molecule has 5 heteroatoms. The van der Waals surface area contributed by atoms with Crippen molar-refractivity contribution in [1.29, 1.82) is 0 Å². The Morgan fingerprint density at radius 3 is 2.53 bits per heavy atom. The van der Waals surface area contributed by atoms with Gasteiger partial charge in [0, 0.05) is 17.3 Å². The third kappa shape index (κ3) is 2.26. The second kappa shape index (κ2) is 4.51. The Kier molecular flexibility index (Phi) is 3.06. The number of carboxylic acid groups (broad SMARTS) is 1. The van der Waals surface area contributed by atoms with Crippen molar-refractivity contribution in [2.45, 2.75) is 0 Å². The monoisotopic (exact) mass is 249 g/mol. The van der Waals surface area contributed by atoms with Crippen LogP contribution in [0.4, 0.5) is 0 Å². The molecule has 0 saturated carbocycles. The zero-order chi connectivity index (χ0) is 12.4. The largest absolute Gasteiger partial charge is 0.480 e. The number of aliphatic imine (C=N–C) groups is 1. The number of carboxylic acids is 1. The van der Waals surface area contributed by atoms with Gasteiger partial charge in [0.15, 0.2) is 11.7 Å². The number of aliphatic carboxylic acids is 1. The van der Waals surface area contributed by atoms with Crippen molar-refractivity contribution in [3.63, 3.8) is 0 Å². The van der Waals surface area contributed by atoms with Crippen molar-refractivity contribution in [3.8, 4) is 0 Å². The molecule has 0 aliphatic carbocycles. The summed E-state index contributed by atoms with van der Waals surface area (Å²) < 4.78 is 0. The van der Waals surface area contributed by atoms with Crippen molar-refractivity contribution in [2.75, 3.05) is 0 Å². The van der Waals surface area contributed by atoms with Gasteiger partial charge in [0.1, 0.15) is 0 Å². The van der Waals surface area contributed by atoms with Gasteiger partial charge >= 0.3 is 5.97 Å². The lowest BCUT2D eigenvalue weighted by Gasteiger charge is -2.15. The van der Waals surface area contributed by atoms with Crippen LogP contribution in [0, 0.1) is 5.92 Å². The fraction of sp³-hybridized carbons (Fsp3) is 0.0833. The minimum absolute atomic E-state index is 0.238. The fourth-order valence-corrected chi connectivity index (χ4v) is 1.72. The highest BCUT2D eigenvalue weighted by Crippen LogP contribution is 2.18. The van der Waals surface area contributed by atoms with Gasteiger partial charge in [0.2, 0.25) is 0 Å². The molecule has 1 aliphatic rings. The zero-order valence-corrected chi connectivity index (χ0v) is 9.39. The average Bonchev–Trinajstić information content (AvgIpc) is 2.29. The normalized spacial score (nSPS) is 19.0. The van der Waals surface area contributed by atoms with E-state index in [9.17, 15) is 9.59 Å². The predicted molar refractivity (Wildman–Crippen MR) is 63.3 cm³/mol. The number of nitrogens with zero attached hydrogens (tertiary/aromatic N) is 1. The lowest BCUT2D eigenvalue weighted by atomic mass is 9.91. The van der Waals surface area contributed by atoms with E-state index in [-0.39, 0.29) is 5.71 Å². The Hall–Kier alpha value is -1.94. The Balaban J connectivity index is 2.45. The van der Waals surface area contributed by atoms with E-state index in [1.807, 2.05) is 0 Å². The Bertz CT molecular complexity index is 531. The van der Waals surface area contributed by atoms with E-state index in [0.717, 1.165) is 6.08 Å². The minimum atomic E-state index is -1.24. The fourth-order valence-electron chi connectivity index (χ4n) is 1.60. The summed E-state index contributed by atoms with van der Waals surface area (Å²) in [6, 6.07) is 6.54. The number of halogens is 1. The third-order valence-corrected chi connectivity index (χ3v) is 2.65. The van der Waals surface area contributed by atoms with Crippen LogP contribution < -0.4 is 0 Å². The van der Waals surface area contributed by atoms with Crippen LogP contribution in [0.5, 0.6) is 0 Å². The van der Waals surface area contributed by atoms with E-state index in [1.54, 1.807) is 24.3 Å². The second-order valence-corrected chi connectivity index (χ2v) is 3.95. The number of hydrogen-bond donors (Lipinski definition) is 1. The number of carbonyl (C=O) groups is 2. The molecule has 0 radical (unpaired) electrons. The molecule has 1 unspecified atom stereocenters. The molecule has 4 nitrogen and oxygen atoms in total. The number of carbonyl (C=O) groups excluding carboxylic acids is 1. The summed E-state index contributed by atoms with van der Waals surface area (Å²) in [4.78, 5) is 26.5. The molecule has 1 aromatic carbocycles. The molecule has 1 N–H and O–H groups in total. The summed E-state index contributed by atoms with van der Waals surface area (Å²) in [7, 11) is 0. The summed E-state index contributed by atoms with van der Waals surface area (Å²) in [5, 5.41) is 9.57. The Morgan fingerprint density at radius 2 is 1.94 bits per heavy atom. The van der Waals surface area contributed by atoms with Crippen LogP contribution in [0.1, 0.15) is 5.56 Å². The van der Waals surface area contributed by atoms with E-state index in [1.165, 1.54) is 6.20 Å². The molecule has 0 aromatic heterocycles. The van der Waals surface area contributed by atoms with Gasteiger partial charge < -0.3 is 5.11 Å². The smallest absolute Gasteiger partial charge is 0.320 e. The first-order valence-corrected chi connectivity index (χ1v) is 5.24. The molecule has 0 fully saturated rings. The maximum absolute atomic E-state index is 11.5. The SMILES string of the molecule is O=C(O)C1C(=O)C=CN=C1c1ccc(Cl)cc1. The summed E-state index contributed by atoms with van der Waals surface area (Å²) in [5.41, 5.74) is 0.821. The molecular weight excluding hydrogens is 242 g/mol. The number of allylic oxidation sites excluding steroid dienone is 1. The molecule has 0 spiro atoms. The van der Waals surface area contributed by atoms with Crippen LogP contribution in [-0.4, -0.2) is 22.6 Å². The second-order valence-electron chi connectivity index (χ2n) is 3.51. The summed E-state index contributed by atoms with van der Waals surface area (Å²) in [5.74, 6) is -2.91. The van der Waals surface area contributed by atoms with Gasteiger partial charge in [0.25, 0.3) is 0 Å². The molecule has 0 bridgehead atoms. The minimum Gasteiger partial charge on any atom is -0.480 e. The van der Waals surface area contributed by atoms with E-state index in [2.05, 4.69) is 4.99 Å². The summed E-state index contributed by atoms with van der Waals surface area (Å²) in [6.07, 6.45) is 2.48. The molecule has 86 valence electrons. The number of benzene rings is 1. The first-order chi connectivity index (χ1) is 8.09. The van der Waals surface area contributed by atoms with Gasteiger partial charge in [0.05, 0.1) is 5.71 Å². The lowest BCUT2D eigenvalue weighted by molar-refractivity contribution is -0.142. The van der Waals surface area contributed by atoms with Crippen molar-refractivity contribution >= 4 is 29.1 Å². The topological polar surface area (TPSA) is 66.7 Å². The van der Waals surface area contributed by atoms with Crippen molar-refractivity contribution in [1.82, 2.24) is 0 Å². The molecule has 0 saturated heterocycles. The molecule has 2 rings (SSSR count). The van der Waals surface area contributed by atoms with Crippen LogP contribution in [0.3, 0.4) is 0 Å². The lowest BCUT2D eigenvalue weighted by Crippen LogP contribution is -2.32. The number of ketones is 1. The highest BCUT2D eigenvalue weighted by Gasteiger charge is 2.32. The molecule has 1 atom stereocenters. The van der Waals surface area contributed by atoms with Crippen LogP contribution in [0.2, 0.25) is 5.02 Å². The van der Waals surface area contributed by atoms with Crippen molar-refractivity contribution < 1.29 is 14.7 Å². The first kappa shape index (κ1) is 11.5. The third-order valence-electron chi connectivity index (χ3n) is 2.40. The van der Waals surface area contributed by atoms with Gasteiger partial charge in [-0.3, -0.25) is 14.6 Å². The molecular formula is C12H8ClNO3. The van der Waals surface area contributed by atoms with Crippen LogP contribution >= 0.6 is 11.6 Å². The quantitative estimate of drug-likeness (QED) is 0.815. The van der Waals surface area contributed by atoms with Crippen LogP contribution in [0.15, 0.2) is 41.5 Å². The Labute approximate surface area is 102 Å². The number of hydrogen-bond acceptors (Lipinski definition) is 3. The van der Waals surface area contributed by atoms with E-state index < -0.39 is 17.7 Å². The van der Waals surface area contributed by atoms with E-state index in [4.69, 9.17) is 16.7 Å². The average molecular weight is 250 g/mol. The molecule has 1 aromatic rings. The highest BCUT2D eigenvalue weighted by atomic mass is 35.5. The zero-order valence-electron chi connectivity index (χ0n) is 8.63. The summed E-state index contributed by atoms with van der Waals surface area (Å²) in [6.45, 7) is 0. The standard InChI is InChI=1S/C12H8ClNO3/c13-8-3-1-7(2-4-8)11-10(12(16)17)9(15)5-6-14-11/h1-6,10H,(H,16,17). The number of rotatable bonds is 2. The van der Waals surface area contributed by atoms with Gasteiger partial charge in [-0.1, -0.05) is 23.7 Å². The van der Waals surface area contributed by atoms with Crippen LogP contribution in [-0.2, 0) is 9.59 Å². The Morgan fingerprint density at radius 1 is 1.29 bits per heavy atom. The van der Waals surface area contributed by atoms with Gasteiger partial charge in [-0.25, -0.2) is 0 Å². The molecule has 17 heavy (non-hydrogen) atoms. The maximum atomic E-state index is 11.5. The maximum Gasteiger partial charge on any atom is 0.320 e. The highest BCUT2D eigenvalue weighted by molar-refractivity contribution is 6.31. The van der Waals surface area contributed by atoms with Gasteiger partial charge in [-0.15, -0.1) is 0 Å². The van der Waals surface area contributed by atoms with Crippen molar-refractivity contribution in [3.05, 3.63) is 47.1 Å². The predicted octanol–water partition coefficient (Wildman–Crippen LogP) is 1.93. The summed E-state index contributed by atoms with van der Waals surface area (Å²) >= 11 is 5.74.